The third-order valence-electron chi connectivity index (χ3n) is 3.92. The van der Waals surface area contributed by atoms with E-state index in [2.05, 4.69) is 46.8 Å². The molecule has 3 aromatic rings. The molecule has 1 amide bonds. The summed E-state index contributed by atoms with van der Waals surface area (Å²) in [6.45, 7) is 8.41. The molecule has 6 heteroatoms. The molecule has 0 spiro atoms. The van der Waals surface area contributed by atoms with Crippen LogP contribution in [-0.2, 0) is 5.41 Å². The van der Waals surface area contributed by atoms with Crippen molar-refractivity contribution in [1.29, 1.82) is 0 Å². The van der Waals surface area contributed by atoms with E-state index in [-0.39, 0.29) is 11.3 Å². The maximum absolute atomic E-state index is 12.3. The monoisotopic (exact) mass is 366 g/mol. The number of carbonyl (C=O) groups is 1. The van der Waals surface area contributed by atoms with Crippen molar-refractivity contribution in [3.05, 3.63) is 64.9 Å². The molecule has 0 bridgehead atoms. The molecule has 0 aliphatic heterocycles. The number of aryl methyl sites for hydroxylation is 1. The first-order chi connectivity index (χ1) is 12.3. The molecule has 0 unspecified atom stereocenters. The molecule has 5 nitrogen and oxygen atoms in total. The van der Waals surface area contributed by atoms with E-state index in [4.69, 9.17) is 0 Å². The Morgan fingerprint density at radius 2 is 2.00 bits per heavy atom. The summed E-state index contributed by atoms with van der Waals surface area (Å²) in [5.41, 5.74) is 4.33. The first-order valence-electron chi connectivity index (χ1n) is 8.38. The zero-order valence-electron chi connectivity index (χ0n) is 15.3. The average molecular weight is 366 g/mol. The van der Waals surface area contributed by atoms with Crippen LogP contribution in [0.25, 0.3) is 0 Å². The molecule has 2 heterocycles. The van der Waals surface area contributed by atoms with Crippen LogP contribution >= 0.6 is 11.3 Å². The van der Waals surface area contributed by atoms with Gasteiger partial charge >= 0.3 is 0 Å². The van der Waals surface area contributed by atoms with E-state index in [0.717, 1.165) is 27.8 Å². The number of anilines is 3. The van der Waals surface area contributed by atoms with E-state index in [1.807, 2.05) is 25.1 Å². The van der Waals surface area contributed by atoms with Crippen molar-refractivity contribution in [3.63, 3.8) is 0 Å². The Hall–Kier alpha value is -2.73. The number of carbonyl (C=O) groups excluding carboxylic acids is 1. The van der Waals surface area contributed by atoms with Crippen LogP contribution in [0.3, 0.4) is 0 Å². The molecular weight excluding hydrogens is 344 g/mol. The number of pyridine rings is 1. The van der Waals surface area contributed by atoms with Crippen molar-refractivity contribution in [3.8, 4) is 0 Å². The lowest BCUT2D eigenvalue weighted by atomic mass is 9.93. The largest absolute Gasteiger partial charge is 0.332 e. The number of benzene rings is 1. The highest BCUT2D eigenvalue weighted by molar-refractivity contribution is 7.13. The Bertz CT molecular complexity index is 913. The van der Waals surface area contributed by atoms with Gasteiger partial charge in [-0.3, -0.25) is 9.78 Å². The number of rotatable bonds is 4. The van der Waals surface area contributed by atoms with Gasteiger partial charge < -0.3 is 10.6 Å². The van der Waals surface area contributed by atoms with Crippen molar-refractivity contribution in [1.82, 2.24) is 9.97 Å². The van der Waals surface area contributed by atoms with Crippen LogP contribution in [0.4, 0.5) is 16.5 Å². The smallest absolute Gasteiger partial charge is 0.257 e. The zero-order valence-corrected chi connectivity index (χ0v) is 16.1. The molecule has 0 radical (unpaired) electrons. The molecule has 134 valence electrons. The first kappa shape index (κ1) is 18.1. The minimum atomic E-state index is -0.170. The van der Waals surface area contributed by atoms with Crippen molar-refractivity contribution in [2.45, 2.75) is 33.1 Å². The molecule has 0 saturated carbocycles. The van der Waals surface area contributed by atoms with Gasteiger partial charge in [0.15, 0.2) is 5.13 Å². The van der Waals surface area contributed by atoms with Gasteiger partial charge in [0.25, 0.3) is 5.91 Å². The van der Waals surface area contributed by atoms with E-state index in [9.17, 15) is 4.79 Å². The van der Waals surface area contributed by atoms with E-state index < -0.39 is 0 Å². The lowest BCUT2D eigenvalue weighted by Crippen LogP contribution is -2.13. The van der Waals surface area contributed by atoms with Crippen LogP contribution in [0.1, 0.15) is 42.4 Å². The normalized spacial score (nSPS) is 11.2. The molecule has 3 rings (SSSR count). The van der Waals surface area contributed by atoms with Gasteiger partial charge in [-0.1, -0.05) is 20.8 Å². The first-order valence-corrected chi connectivity index (χ1v) is 9.26. The Balaban J connectivity index is 1.71. The van der Waals surface area contributed by atoms with Crippen molar-refractivity contribution in [2.75, 3.05) is 10.6 Å². The molecule has 26 heavy (non-hydrogen) atoms. The highest BCUT2D eigenvalue weighted by Crippen LogP contribution is 2.29. The average Bonchev–Trinajstić information content (AvgIpc) is 3.07. The molecule has 1 aromatic carbocycles. The van der Waals surface area contributed by atoms with Gasteiger partial charge in [-0.25, -0.2) is 4.98 Å². The summed E-state index contributed by atoms with van der Waals surface area (Å²) < 4.78 is 0. The standard InChI is InChI=1S/C20H22N4OS/c1-13-10-15(22-19-24-17(12-26-19)20(2,3)4)7-8-16(13)23-18(25)14-6-5-9-21-11-14/h5-12H,1-4H3,(H,22,24)(H,23,25). The van der Waals surface area contributed by atoms with Gasteiger partial charge in [0.05, 0.1) is 11.3 Å². The molecule has 0 saturated heterocycles. The maximum Gasteiger partial charge on any atom is 0.257 e. The van der Waals surface area contributed by atoms with Crippen molar-refractivity contribution in [2.24, 2.45) is 0 Å². The molecular formula is C20H22N4OS. The second kappa shape index (κ2) is 7.25. The SMILES string of the molecule is Cc1cc(Nc2nc(C(C)(C)C)cs2)ccc1NC(=O)c1cccnc1. The minimum Gasteiger partial charge on any atom is -0.332 e. The fourth-order valence-electron chi connectivity index (χ4n) is 2.37. The van der Waals surface area contributed by atoms with Crippen LogP contribution in [0.2, 0.25) is 0 Å². The van der Waals surface area contributed by atoms with Crippen molar-refractivity contribution >= 4 is 33.8 Å². The van der Waals surface area contributed by atoms with Gasteiger partial charge in [0.2, 0.25) is 0 Å². The van der Waals surface area contributed by atoms with Gasteiger partial charge in [-0.05, 0) is 42.8 Å². The molecule has 2 aromatic heterocycles. The van der Waals surface area contributed by atoms with Gasteiger partial charge in [-0.15, -0.1) is 11.3 Å². The predicted molar refractivity (Wildman–Crippen MR) is 107 cm³/mol. The molecule has 2 N–H and O–H groups in total. The van der Waals surface area contributed by atoms with E-state index >= 15 is 0 Å². The number of aromatic nitrogens is 2. The van der Waals surface area contributed by atoms with Gasteiger partial charge in [0, 0.05) is 34.6 Å². The fourth-order valence-corrected chi connectivity index (χ4v) is 3.33. The highest BCUT2D eigenvalue weighted by atomic mass is 32.1. The number of hydrogen-bond acceptors (Lipinski definition) is 5. The Morgan fingerprint density at radius 3 is 2.62 bits per heavy atom. The lowest BCUT2D eigenvalue weighted by molar-refractivity contribution is 0.102. The van der Waals surface area contributed by atoms with E-state index in [1.165, 1.54) is 0 Å². The fraction of sp³-hybridized carbons (Fsp3) is 0.250. The Labute approximate surface area is 157 Å². The molecule has 0 fully saturated rings. The van der Waals surface area contributed by atoms with Crippen LogP contribution in [0, 0.1) is 6.92 Å². The quantitative estimate of drug-likeness (QED) is 0.671. The predicted octanol–water partition coefficient (Wildman–Crippen LogP) is 5.14. The number of nitrogens with zero attached hydrogens (tertiary/aromatic N) is 2. The number of amides is 1. The van der Waals surface area contributed by atoms with Crippen LogP contribution in [0.15, 0.2) is 48.1 Å². The summed E-state index contributed by atoms with van der Waals surface area (Å²) in [4.78, 5) is 20.9. The van der Waals surface area contributed by atoms with E-state index in [0.29, 0.717) is 5.56 Å². The summed E-state index contributed by atoms with van der Waals surface area (Å²) in [6.07, 6.45) is 3.20. The summed E-state index contributed by atoms with van der Waals surface area (Å²) in [5, 5.41) is 9.20. The van der Waals surface area contributed by atoms with Crippen LogP contribution in [-0.4, -0.2) is 15.9 Å². The number of nitrogens with one attached hydrogen (secondary N) is 2. The van der Waals surface area contributed by atoms with Gasteiger partial charge in [0.1, 0.15) is 0 Å². The summed E-state index contributed by atoms with van der Waals surface area (Å²) >= 11 is 1.59. The number of thiazole rings is 1. The second-order valence-corrected chi connectivity index (χ2v) is 8.00. The minimum absolute atomic E-state index is 0.0345. The van der Waals surface area contributed by atoms with Gasteiger partial charge in [-0.2, -0.15) is 0 Å². The third-order valence-corrected chi connectivity index (χ3v) is 4.68. The van der Waals surface area contributed by atoms with E-state index in [1.54, 1.807) is 35.9 Å². The highest BCUT2D eigenvalue weighted by Gasteiger charge is 2.17. The topological polar surface area (TPSA) is 66.9 Å². The zero-order chi connectivity index (χ0) is 18.7. The molecule has 0 aliphatic carbocycles. The van der Waals surface area contributed by atoms with Crippen LogP contribution in [0.5, 0.6) is 0 Å². The second-order valence-electron chi connectivity index (χ2n) is 7.14. The van der Waals surface area contributed by atoms with Crippen molar-refractivity contribution < 1.29 is 4.79 Å². The third kappa shape index (κ3) is 4.26. The maximum atomic E-state index is 12.3. The lowest BCUT2D eigenvalue weighted by Gasteiger charge is -2.14. The summed E-state index contributed by atoms with van der Waals surface area (Å²) in [5.74, 6) is -0.170. The summed E-state index contributed by atoms with van der Waals surface area (Å²) in [7, 11) is 0. The Kier molecular flexibility index (Phi) is 5.04. The molecule has 0 aliphatic rings. The summed E-state index contributed by atoms with van der Waals surface area (Å²) in [6, 6.07) is 9.31. The number of hydrogen-bond donors (Lipinski definition) is 2. The van der Waals surface area contributed by atoms with Crippen LogP contribution < -0.4 is 10.6 Å². The molecule has 0 atom stereocenters. The Morgan fingerprint density at radius 1 is 1.19 bits per heavy atom.